The third kappa shape index (κ3) is 6.82. The van der Waals surface area contributed by atoms with Crippen molar-refractivity contribution >= 4 is 11.6 Å². The molecule has 0 spiro atoms. The van der Waals surface area contributed by atoms with E-state index in [1.807, 2.05) is 59.6 Å². The molecule has 163 valence electrons. The van der Waals surface area contributed by atoms with Crippen LogP contribution in [-0.2, 0) is 37.5 Å². The second kappa shape index (κ2) is 13.3. The van der Waals surface area contributed by atoms with Gasteiger partial charge < -0.3 is 12.0 Å². The molecule has 0 bridgehead atoms. The summed E-state index contributed by atoms with van der Waals surface area (Å²) < 4.78 is 0. The zero-order valence-electron chi connectivity index (χ0n) is 18.5. The maximum Gasteiger partial charge on any atom is 0.246 e. The monoisotopic (exact) mass is 494 g/mol. The molecule has 5 heteroatoms. The van der Waals surface area contributed by atoms with Crippen LogP contribution in [0.1, 0.15) is 56.3 Å². The summed E-state index contributed by atoms with van der Waals surface area (Å²) in [5, 5.41) is 14.6. The van der Waals surface area contributed by atoms with Crippen LogP contribution in [-0.4, -0.2) is 29.1 Å². The second-order valence-corrected chi connectivity index (χ2v) is 7.88. The molecule has 2 atom stereocenters. The molecule has 1 saturated heterocycles. The molecular formula is C26H33N2O2Y-. The van der Waals surface area contributed by atoms with Gasteiger partial charge in [-0.05, 0) is 29.7 Å². The largest absolute Gasteiger partial charge is 0.384 e. The minimum absolute atomic E-state index is 0. The number of amides is 1. The van der Waals surface area contributed by atoms with Crippen LogP contribution in [0.5, 0.6) is 0 Å². The van der Waals surface area contributed by atoms with Gasteiger partial charge in [-0.1, -0.05) is 80.8 Å². The predicted octanol–water partition coefficient (Wildman–Crippen LogP) is 5.31. The number of carbonyl (C=O) groups is 1. The number of unbranched alkanes of at least 4 members (excludes halogenated alkanes) is 2. The summed E-state index contributed by atoms with van der Waals surface area (Å²) in [5.74, 6) is 0.214. The number of hydrogen-bond acceptors (Lipinski definition) is 3. The number of hydrazine groups is 1. The quantitative estimate of drug-likeness (QED) is 0.360. The number of benzene rings is 2. The molecule has 1 amide bonds. The number of rotatable bonds is 10. The van der Waals surface area contributed by atoms with Gasteiger partial charge in [0.15, 0.2) is 0 Å². The predicted molar refractivity (Wildman–Crippen MR) is 123 cm³/mol. The fraction of sp³-hybridized carbons (Fsp3) is 0.385. The molecule has 1 N–H and O–H groups in total. The molecular weight excluding hydrogens is 461 g/mol. The van der Waals surface area contributed by atoms with Crippen molar-refractivity contribution in [1.29, 1.82) is 0 Å². The van der Waals surface area contributed by atoms with Gasteiger partial charge in [-0.2, -0.15) is 6.42 Å². The Hall–Kier alpha value is -1.33. The Morgan fingerprint density at radius 2 is 1.77 bits per heavy atom. The van der Waals surface area contributed by atoms with Crippen molar-refractivity contribution in [1.82, 2.24) is 5.01 Å². The van der Waals surface area contributed by atoms with Gasteiger partial charge in [-0.3, -0.25) is 4.79 Å². The van der Waals surface area contributed by atoms with Gasteiger partial charge in [0.25, 0.3) is 0 Å². The van der Waals surface area contributed by atoms with Crippen LogP contribution in [0.25, 0.3) is 0 Å². The van der Waals surface area contributed by atoms with E-state index in [0.717, 1.165) is 55.5 Å². The van der Waals surface area contributed by atoms with Crippen molar-refractivity contribution < 1.29 is 42.6 Å². The van der Waals surface area contributed by atoms with Crippen LogP contribution < -0.4 is 5.01 Å². The van der Waals surface area contributed by atoms with Crippen LogP contribution in [0.3, 0.4) is 0 Å². The first-order valence-corrected chi connectivity index (χ1v) is 11.0. The number of aliphatic hydroxyl groups excluding tert-OH is 1. The average molecular weight is 494 g/mol. The molecule has 1 heterocycles. The first kappa shape index (κ1) is 25.9. The molecule has 1 radical (unpaired) electrons. The molecule has 1 fully saturated rings. The van der Waals surface area contributed by atoms with E-state index in [-0.39, 0.29) is 44.5 Å². The summed E-state index contributed by atoms with van der Waals surface area (Å²) in [6, 6.07) is 17.3. The summed E-state index contributed by atoms with van der Waals surface area (Å²) >= 11 is 0. The maximum atomic E-state index is 13.2. The fourth-order valence-electron chi connectivity index (χ4n) is 3.90. The third-order valence-electron chi connectivity index (χ3n) is 5.60. The van der Waals surface area contributed by atoms with Gasteiger partial charge >= 0.3 is 0 Å². The Labute approximate surface area is 212 Å². The Balaban J connectivity index is 0.00000341. The number of carbonyl (C=O) groups excluding carboxylic acids is 1. The van der Waals surface area contributed by atoms with Gasteiger partial charge in [0, 0.05) is 45.8 Å². The van der Waals surface area contributed by atoms with Crippen molar-refractivity contribution in [3.8, 4) is 0 Å². The van der Waals surface area contributed by atoms with E-state index in [1.165, 1.54) is 0 Å². The third-order valence-corrected chi connectivity index (χ3v) is 5.60. The number of allylic oxidation sites excluding steroid dienone is 1. The first-order valence-electron chi connectivity index (χ1n) is 11.0. The Morgan fingerprint density at radius 3 is 2.42 bits per heavy atom. The number of aliphatic hydroxyl groups is 1. The fourth-order valence-corrected chi connectivity index (χ4v) is 3.90. The number of anilines is 1. The zero-order chi connectivity index (χ0) is 21.3. The second-order valence-electron chi connectivity index (χ2n) is 7.88. The van der Waals surface area contributed by atoms with Crippen molar-refractivity contribution in [2.75, 3.05) is 18.1 Å². The first-order chi connectivity index (χ1) is 14.7. The SMILES string of the molecule is [CH2-]CC/C=C\CN1CC(CCCC)C(=O)N1c1ccc(C(O)c2ccccc2)cc1.[Y]. The van der Waals surface area contributed by atoms with Crippen molar-refractivity contribution in [3.05, 3.63) is 84.8 Å². The number of hydrogen-bond donors (Lipinski definition) is 1. The molecule has 31 heavy (non-hydrogen) atoms. The molecule has 2 unspecified atom stereocenters. The van der Waals surface area contributed by atoms with E-state index in [0.29, 0.717) is 6.54 Å². The van der Waals surface area contributed by atoms with Crippen molar-refractivity contribution in [2.24, 2.45) is 5.92 Å². The molecule has 1 aliphatic rings. The zero-order valence-corrected chi connectivity index (χ0v) is 21.3. The van der Waals surface area contributed by atoms with Gasteiger partial charge in [0.05, 0.1) is 11.6 Å². The van der Waals surface area contributed by atoms with Gasteiger partial charge in [-0.25, -0.2) is 10.0 Å². The molecule has 2 aromatic rings. The van der Waals surface area contributed by atoms with Gasteiger partial charge in [0.1, 0.15) is 6.10 Å². The normalized spacial score (nSPS) is 17.8. The van der Waals surface area contributed by atoms with Crippen LogP contribution in [0.4, 0.5) is 5.69 Å². The molecule has 2 aromatic carbocycles. The molecule has 4 nitrogen and oxygen atoms in total. The standard InChI is InChI=1S/C26H33N2O2.Y/c1-3-5-7-11-19-27-20-23(12-6-4-2)26(30)28(27)24-17-15-22(16-18-24)25(29)21-13-9-8-10-14-21;/h7-11,13-18,23,25,29H,1,3-6,12,19-20H2,2H3;/q-1;/b11-7-;. The van der Waals surface area contributed by atoms with Crippen molar-refractivity contribution in [2.45, 2.75) is 45.1 Å². The molecule has 0 saturated carbocycles. The molecule has 1 aliphatic heterocycles. The summed E-state index contributed by atoms with van der Waals surface area (Å²) in [5.41, 5.74) is 2.54. The number of nitrogens with zero attached hydrogens (tertiary/aromatic N) is 2. The van der Waals surface area contributed by atoms with E-state index in [2.05, 4.69) is 31.0 Å². The summed E-state index contributed by atoms with van der Waals surface area (Å²) in [4.78, 5) is 13.2. The van der Waals surface area contributed by atoms with Gasteiger partial charge in [0.2, 0.25) is 5.91 Å². The van der Waals surface area contributed by atoms with Crippen LogP contribution in [0.2, 0.25) is 0 Å². The smallest absolute Gasteiger partial charge is 0.246 e. The van der Waals surface area contributed by atoms with Crippen LogP contribution in [0.15, 0.2) is 66.7 Å². The molecule has 3 rings (SSSR count). The Morgan fingerprint density at radius 1 is 1.10 bits per heavy atom. The average Bonchev–Trinajstić information content (AvgIpc) is 3.10. The minimum Gasteiger partial charge on any atom is -0.384 e. The Kier molecular flexibility index (Phi) is 11.1. The van der Waals surface area contributed by atoms with Gasteiger partial charge in [-0.15, -0.1) is 0 Å². The summed E-state index contributed by atoms with van der Waals surface area (Å²) in [6.07, 6.45) is 8.51. The maximum absolute atomic E-state index is 13.2. The molecule has 0 aliphatic carbocycles. The topological polar surface area (TPSA) is 43.8 Å². The van der Waals surface area contributed by atoms with Crippen molar-refractivity contribution in [3.63, 3.8) is 0 Å². The summed E-state index contributed by atoms with van der Waals surface area (Å²) in [6.45, 7) is 7.49. The van der Waals surface area contributed by atoms with E-state index in [9.17, 15) is 9.90 Å². The summed E-state index contributed by atoms with van der Waals surface area (Å²) in [7, 11) is 0. The molecule has 0 aromatic heterocycles. The Bertz CT molecular complexity index is 823. The van der Waals surface area contributed by atoms with Crippen LogP contribution in [0, 0.1) is 12.8 Å². The minimum atomic E-state index is -0.673. The van der Waals surface area contributed by atoms with E-state index in [1.54, 1.807) is 0 Å². The van der Waals surface area contributed by atoms with E-state index >= 15 is 0 Å². The van der Waals surface area contributed by atoms with E-state index in [4.69, 9.17) is 0 Å². The van der Waals surface area contributed by atoms with Crippen LogP contribution >= 0.6 is 0 Å². The van der Waals surface area contributed by atoms with E-state index < -0.39 is 6.10 Å².